The van der Waals surface area contributed by atoms with Crippen molar-refractivity contribution in [2.24, 2.45) is 0 Å². The van der Waals surface area contributed by atoms with Gasteiger partial charge in [-0.2, -0.15) is 0 Å². The number of piperidine rings is 1. The zero-order valence-corrected chi connectivity index (χ0v) is 17.7. The van der Waals surface area contributed by atoms with Crippen LogP contribution in [-0.2, 0) is 6.54 Å². The smallest absolute Gasteiger partial charge is 0.346 e. The maximum Gasteiger partial charge on any atom is 0.346 e. The zero-order valence-electron chi connectivity index (χ0n) is 16.9. The summed E-state index contributed by atoms with van der Waals surface area (Å²) in [4.78, 5) is 19.9. The minimum atomic E-state index is -0.418. The number of phenols is 1. The van der Waals surface area contributed by atoms with Crippen LogP contribution < -0.4 is 5.63 Å². The van der Waals surface area contributed by atoms with Crippen molar-refractivity contribution in [2.75, 3.05) is 6.54 Å². The first-order valence-electron chi connectivity index (χ1n) is 10.5. The van der Waals surface area contributed by atoms with E-state index >= 15 is 0 Å². The molecule has 0 unspecified atom stereocenters. The molecule has 1 saturated heterocycles. The van der Waals surface area contributed by atoms with E-state index in [1.807, 2.05) is 30.3 Å². The molecule has 0 bridgehead atoms. The van der Waals surface area contributed by atoms with Gasteiger partial charge in [0.15, 0.2) is 0 Å². The highest BCUT2D eigenvalue weighted by molar-refractivity contribution is 7.21. The first-order chi connectivity index (χ1) is 14.6. The van der Waals surface area contributed by atoms with Gasteiger partial charge in [-0.15, -0.1) is 11.3 Å². The molecule has 1 aliphatic rings. The normalized spacial score (nSPS) is 17.7. The number of aromatic nitrogens is 1. The average Bonchev–Trinajstić information content (AvgIpc) is 3.20. The second-order valence-electron chi connectivity index (χ2n) is 7.94. The summed E-state index contributed by atoms with van der Waals surface area (Å²) in [6.07, 6.45) is 4.66. The van der Waals surface area contributed by atoms with Gasteiger partial charge >= 0.3 is 5.63 Å². The highest BCUT2D eigenvalue weighted by atomic mass is 32.1. The van der Waals surface area contributed by atoms with Crippen LogP contribution in [0.1, 0.15) is 38.2 Å². The molecule has 0 aliphatic carbocycles. The second-order valence-corrected chi connectivity index (χ2v) is 8.97. The molecule has 1 aliphatic heterocycles. The number of aromatic hydroxyl groups is 1. The number of thiazole rings is 1. The van der Waals surface area contributed by atoms with Gasteiger partial charge in [0.1, 0.15) is 16.3 Å². The van der Waals surface area contributed by atoms with Gasteiger partial charge in [-0.05, 0) is 56.1 Å². The fourth-order valence-corrected chi connectivity index (χ4v) is 5.42. The van der Waals surface area contributed by atoms with Crippen LogP contribution in [0.4, 0.5) is 0 Å². The van der Waals surface area contributed by atoms with E-state index in [0.717, 1.165) is 35.0 Å². The van der Waals surface area contributed by atoms with Gasteiger partial charge in [-0.25, -0.2) is 9.78 Å². The first-order valence-corrected chi connectivity index (χ1v) is 11.3. The van der Waals surface area contributed by atoms with Crippen LogP contribution in [-0.4, -0.2) is 27.6 Å². The molecule has 2 aromatic heterocycles. The molecule has 5 rings (SSSR count). The summed E-state index contributed by atoms with van der Waals surface area (Å²) in [6, 6.07) is 13.7. The van der Waals surface area contributed by atoms with E-state index in [4.69, 9.17) is 4.42 Å². The Balaban J connectivity index is 1.59. The molecule has 1 fully saturated rings. The maximum atomic E-state index is 12.9. The predicted octanol–water partition coefficient (Wildman–Crippen LogP) is 5.54. The van der Waals surface area contributed by atoms with Gasteiger partial charge in [-0.3, -0.25) is 4.90 Å². The summed E-state index contributed by atoms with van der Waals surface area (Å²) in [6.45, 7) is 3.80. The molecule has 4 aromatic rings. The van der Waals surface area contributed by atoms with Crippen LogP contribution in [0.25, 0.3) is 31.8 Å². The van der Waals surface area contributed by atoms with Crippen LogP contribution in [0.15, 0.2) is 51.7 Å². The monoisotopic (exact) mass is 420 g/mol. The molecule has 30 heavy (non-hydrogen) atoms. The Kier molecular flexibility index (Phi) is 5.05. The maximum absolute atomic E-state index is 12.9. The summed E-state index contributed by atoms with van der Waals surface area (Å²) in [5, 5.41) is 12.0. The number of benzene rings is 2. The number of phenolic OH excluding ortho intramolecular Hbond substituents is 1. The molecule has 0 amide bonds. The van der Waals surface area contributed by atoms with E-state index < -0.39 is 5.63 Å². The Hall–Kier alpha value is -2.70. The molecule has 154 valence electrons. The van der Waals surface area contributed by atoms with Crippen LogP contribution in [0.5, 0.6) is 5.75 Å². The molecule has 0 radical (unpaired) electrons. The minimum absolute atomic E-state index is 0.179. The Morgan fingerprint density at radius 1 is 1.23 bits per heavy atom. The SMILES string of the molecule is CC[C@@H]1CCCCN1Cc1c(O)ccc2cc(-c3nc4ccccc4s3)c(=O)oc12. The van der Waals surface area contributed by atoms with Crippen molar-refractivity contribution in [3.63, 3.8) is 0 Å². The lowest BCUT2D eigenvalue weighted by Gasteiger charge is -2.35. The third kappa shape index (κ3) is 3.40. The molecule has 1 atom stereocenters. The largest absolute Gasteiger partial charge is 0.507 e. The number of likely N-dealkylation sites (tertiary alicyclic amines) is 1. The highest BCUT2D eigenvalue weighted by Crippen LogP contribution is 2.34. The fraction of sp³-hybridized carbons (Fsp3) is 0.333. The first kappa shape index (κ1) is 19.3. The van der Waals surface area contributed by atoms with E-state index in [1.165, 1.54) is 24.2 Å². The molecule has 0 saturated carbocycles. The van der Waals surface area contributed by atoms with Crippen LogP contribution in [0.2, 0.25) is 0 Å². The molecule has 6 heteroatoms. The van der Waals surface area contributed by atoms with Gasteiger partial charge in [0, 0.05) is 18.0 Å². The van der Waals surface area contributed by atoms with Crippen molar-refractivity contribution in [3.8, 4) is 16.3 Å². The predicted molar refractivity (Wildman–Crippen MR) is 121 cm³/mol. The number of hydrogen-bond acceptors (Lipinski definition) is 6. The van der Waals surface area contributed by atoms with Crippen LogP contribution in [0.3, 0.4) is 0 Å². The molecule has 0 spiro atoms. The number of hydrogen-bond donors (Lipinski definition) is 1. The quantitative estimate of drug-likeness (QED) is 0.439. The zero-order chi connectivity index (χ0) is 20.7. The van der Waals surface area contributed by atoms with Crippen LogP contribution >= 0.6 is 11.3 Å². The standard InChI is InChI=1S/C24H24N2O3S/c1-2-16-7-5-6-12-26(16)14-18-20(27)11-10-15-13-17(24(28)29-22(15)18)23-25-19-8-3-4-9-21(19)30-23/h3-4,8-11,13,16,27H,2,5-7,12,14H2,1H3/t16-/m1/s1. The molecular formula is C24H24N2O3S. The topological polar surface area (TPSA) is 66.6 Å². The molecular weight excluding hydrogens is 396 g/mol. The fourth-order valence-electron chi connectivity index (χ4n) is 4.45. The van der Waals surface area contributed by atoms with Crippen molar-refractivity contribution in [1.29, 1.82) is 0 Å². The molecule has 1 N–H and O–H groups in total. The van der Waals surface area contributed by atoms with Crippen molar-refractivity contribution in [2.45, 2.75) is 45.2 Å². The van der Waals surface area contributed by atoms with Crippen molar-refractivity contribution < 1.29 is 9.52 Å². The summed E-state index contributed by atoms with van der Waals surface area (Å²) >= 11 is 1.48. The molecule has 2 aromatic carbocycles. The Morgan fingerprint density at radius 3 is 2.93 bits per heavy atom. The number of fused-ring (bicyclic) bond motifs is 2. The number of para-hydroxylation sites is 1. The Morgan fingerprint density at radius 2 is 2.10 bits per heavy atom. The lowest BCUT2D eigenvalue weighted by molar-refractivity contribution is 0.135. The Bertz CT molecular complexity index is 1240. The molecule has 3 heterocycles. The Labute approximate surface area is 178 Å². The lowest BCUT2D eigenvalue weighted by Crippen LogP contribution is -2.38. The minimum Gasteiger partial charge on any atom is -0.507 e. The lowest BCUT2D eigenvalue weighted by atomic mass is 9.98. The van der Waals surface area contributed by atoms with Crippen molar-refractivity contribution >= 4 is 32.5 Å². The van der Waals surface area contributed by atoms with E-state index in [1.54, 1.807) is 12.1 Å². The highest BCUT2D eigenvalue weighted by Gasteiger charge is 2.24. The number of rotatable bonds is 4. The van der Waals surface area contributed by atoms with Gasteiger partial charge in [-0.1, -0.05) is 25.5 Å². The summed E-state index contributed by atoms with van der Waals surface area (Å²) in [5.74, 6) is 0.179. The van der Waals surface area contributed by atoms with Gasteiger partial charge in [0.05, 0.1) is 21.3 Å². The third-order valence-electron chi connectivity index (χ3n) is 6.09. The third-order valence-corrected chi connectivity index (χ3v) is 7.16. The summed E-state index contributed by atoms with van der Waals surface area (Å²) < 4.78 is 6.83. The number of nitrogens with zero attached hydrogens (tertiary/aromatic N) is 2. The summed E-state index contributed by atoms with van der Waals surface area (Å²) in [7, 11) is 0. The average molecular weight is 421 g/mol. The van der Waals surface area contributed by atoms with Crippen LogP contribution in [0, 0.1) is 0 Å². The van der Waals surface area contributed by atoms with Gasteiger partial charge < -0.3 is 9.52 Å². The van der Waals surface area contributed by atoms with E-state index in [9.17, 15) is 9.90 Å². The summed E-state index contributed by atoms with van der Waals surface area (Å²) in [5.41, 5.74) is 2.09. The molecule has 5 nitrogen and oxygen atoms in total. The second kappa shape index (κ2) is 7.85. The van der Waals surface area contributed by atoms with E-state index in [0.29, 0.717) is 34.3 Å². The van der Waals surface area contributed by atoms with Gasteiger partial charge in [0.2, 0.25) is 0 Å². The van der Waals surface area contributed by atoms with E-state index in [-0.39, 0.29) is 5.75 Å². The van der Waals surface area contributed by atoms with Crippen molar-refractivity contribution in [3.05, 3.63) is 58.4 Å². The van der Waals surface area contributed by atoms with Gasteiger partial charge in [0.25, 0.3) is 0 Å². The van der Waals surface area contributed by atoms with E-state index in [2.05, 4.69) is 16.8 Å². The van der Waals surface area contributed by atoms with Crippen molar-refractivity contribution in [1.82, 2.24) is 9.88 Å².